The van der Waals surface area contributed by atoms with Gasteiger partial charge in [-0.1, -0.05) is 17.3 Å². The van der Waals surface area contributed by atoms with E-state index < -0.39 is 0 Å². The van der Waals surface area contributed by atoms with E-state index in [1.165, 1.54) is 12.1 Å². The fourth-order valence-electron chi connectivity index (χ4n) is 2.68. The van der Waals surface area contributed by atoms with Crippen LogP contribution in [0.5, 0.6) is 0 Å². The zero-order valence-corrected chi connectivity index (χ0v) is 15.4. The highest BCUT2D eigenvalue weighted by Crippen LogP contribution is 2.17. The third kappa shape index (κ3) is 4.73. The lowest BCUT2D eigenvalue weighted by Crippen LogP contribution is -2.06. The Morgan fingerprint density at radius 3 is 2.62 bits per heavy atom. The molecule has 0 atom stereocenters. The molecule has 0 aliphatic rings. The van der Waals surface area contributed by atoms with E-state index in [1.807, 2.05) is 36.5 Å². The van der Waals surface area contributed by atoms with Gasteiger partial charge in [-0.2, -0.15) is 10.1 Å². The van der Waals surface area contributed by atoms with Crippen molar-refractivity contribution in [1.82, 2.24) is 19.9 Å². The van der Waals surface area contributed by atoms with E-state index in [-0.39, 0.29) is 31.2 Å². The second-order valence-corrected chi connectivity index (χ2v) is 6.30. The average Bonchev–Trinajstić information content (AvgIpc) is 3.44. The summed E-state index contributed by atoms with van der Waals surface area (Å²) in [7, 11) is 0. The van der Waals surface area contributed by atoms with Gasteiger partial charge in [0, 0.05) is 24.4 Å². The van der Waals surface area contributed by atoms with Crippen molar-refractivity contribution in [3.63, 3.8) is 0 Å². The first kappa shape index (κ1) is 18.5. The summed E-state index contributed by atoms with van der Waals surface area (Å²) >= 11 is 0. The predicted molar refractivity (Wildman–Crippen MR) is 101 cm³/mol. The van der Waals surface area contributed by atoms with Crippen molar-refractivity contribution in [2.24, 2.45) is 0 Å². The van der Waals surface area contributed by atoms with Crippen LogP contribution in [0.2, 0.25) is 0 Å². The SMILES string of the molecule is O=C(CCc1nc(-c2ccc(F)cc2)no1)OCc1ccc(-n2cccn2)cc1. The molecule has 0 radical (unpaired) electrons. The Morgan fingerprint density at radius 1 is 1.10 bits per heavy atom. The van der Waals surface area contributed by atoms with Crippen molar-refractivity contribution < 1.29 is 18.4 Å². The lowest BCUT2D eigenvalue weighted by atomic mass is 10.2. The van der Waals surface area contributed by atoms with Crippen LogP contribution in [0.15, 0.2) is 71.5 Å². The number of aromatic nitrogens is 4. The lowest BCUT2D eigenvalue weighted by molar-refractivity contribution is -0.145. The molecule has 0 amide bonds. The summed E-state index contributed by atoms with van der Waals surface area (Å²) in [5.41, 5.74) is 2.45. The molecule has 0 aliphatic carbocycles. The molecular weight excluding hydrogens is 375 g/mol. The monoisotopic (exact) mass is 392 g/mol. The number of rotatable bonds is 7. The van der Waals surface area contributed by atoms with Gasteiger partial charge in [-0.05, 0) is 48.0 Å². The number of halogens is 1. The van der Waals surface area contributed by atoms with Gasteiger partial charge in [0.05, 0.1) is 12.1 Å². The number of benzene rings is 2. The molecule has 2 aromatic carbocycles. The highest BCUT2D eigenvalue weighted by molar-refractivity contribution is 5.69. The summed E-state index contributed by atoms with van der Waals surface area (Å²) in [4.78, 5) is 16.2. The Morgan fingerprint density at radius 2 is 1.90 bits per heavy atom. The maximum absolute atomic E-state index is 13.0. The van der Waals surface area contributed by atoms with Gasteiger partial charge in [0.1, 0.15) is 12.4 Å². The van der Waals surface area contributed by atoms with E-state index in [9.17, 15) is 9.18 Å². The summed E-state index contributed by atoms with van der Waals surface area (Å²) in [5, 5.41) is 8.01. The van der Waals surface area contributed by atoms with E-state index in [0.717, 1.165) is 11.3 Å². The second-order valence-electron chi connectivity index (χ2n) is 6.30. The second kappa shape index (κ2) is 8.47. The number of aryl methyl sites for hydroxylation is 1. The Bertz CT molecular complexity index is 1070. The number of esters is 1. The normalized spacial score (nSPS) is 10.8. The number of carbonyl (C=O) groups excluding carboxylic acids is 1. The maximum atomic E-state index is 13.0. The van der Waals surface area contributed by atoms with Crippen LogP contribution in [0.4, 0.5) is 4.39 Å². The molecule has 0 saturated heterocycles. The first-order valence-electron chi connectivity index (χ1n) is 9.00. The predicted octanol–water partition coefficient (Wildman–Crippen LogP) is 3.74. The third-order valence-corrected chi connectivity index (χ3v) is 4.22. The summed E-state index contributed by atoms with van der Waals surface area (Å²) in [6.45, 7) is 0.183. The third-order valence-electron chi connectivity index (χ3n) is 4.22. The fraction of sp³-hybridized carbons (Fsp3) is 0.143. The van der Waals surface area contributed by atoms with Crippen LogP contribution in [0.25, 0.3) is 17.1 Å². The van der Waals surface area contributed by atoms with Crippen molar-refractivity contribution in [3.8, 4) is 17.1 Å². The molecule has 0 fully saturated rings. The van der Waals surface area contributed by atoms with E-state index in [2.05, 4.69) is 15.2 Å². The number of hydrogen-bond acceptors (Lipinski definition) is 6. The first-order chi connectivity index (χ1) is 14.2. The van der Waals surface area contributed by atoms with E-state index in [4.69, 9.17) is 9.26 Å². The minimum atomic E-state index is -0.359. The number of hydrogen-bond donors (Lipinski definition) is 0. The van der Waals surface area contributed by atoms with Gasteiger partial charge in [0.2, 0.25) is 11.7 Å². The van der Waals surface area contributed by atoms with Crippen LogP contribution in [0.3, 0.4) is 0 Å². The molecule has 0 aliphatic heterocycles. The molecule has 0 spiro atoms. The minimum absolute atomic E-state index is 0.121. The van der Waals surface area contributed by atoms with Crippen LogP contribution in [0, 0.1) is 5.82 Å². The summed E-state index contributed by atoms with van der Waals surface area (Å²) in [6, 6.07) is 15.2. The average molecular weight is 392 g/mol. The van der Waals surface area contributed by atoms with E-state index in [0.29, 0.717) is 17.3 Å². The standard InChI is InChI=1S/C21H17FN4O3/c22-17-6-4-16(5-7-17)21-24-19(29-25-21)10-11-20(27)28-14-15-2-8-18(9-3-15)26-13-1-12-23-26/h1-9,12-13H,10-11,14H2. The molecule has 2 aromatic heterocycles. The summed E-state index contributed by atoms with van der Waals surface area (Å²) in [6.07, 6.45) is 3.96. The lowest BCUT2D eigenvalue weighted by Gasteiger charge is -2.06. The topological polar surface area (TPSA) is 83.0 Å². The fourth-order valence-corrected chi connectivity index (χ4v) is 2.68. The maximum Gasteiger partial charge on any atom is 0.306 e. The van der Waals surface area contributed by atoms with Crippen LogP contribution in [0.1, 0.15) is 17.9 Å². The van der Waals surface area contributed by atoms with Crippen LogP contribution in [-0.2, 0) is 22.6 Å². The molecule has 0 saturated carbocycles. The highest BCUT2D eigenvalue weighted by Gasteiger charge is 2.12. The zero-order valence-electron chi connectivity index (χ0n) is 15.4. The van der Waals surface area contributed by atoms with Gasteiger partial charge in [0.25, 0.3) is 0 Å². The van der Waals surface area contributed by atoms with Gasteiger partial charge in [-0.25, -0.2) is 9.07 Å². The Hall–Kier alpha value is -3.81. The Balaban J connectivity index is 1.25. The molecule has 2 heterocycles. The molecule has 7 nitrogen and oxygen atoms in total. The van der Waals surface area contributed by atoms with Crippen molar-refractivity contribution in [3.05, 3.63) is 84.3 Å². The van der Waals surface area contributed by atoms with Crippen molar-refractivity contribution in [2.45, 2.75) is 19.4 Å². The zero-order chi connectivity index (χ0) is 20.1. The van der Waals surface area contributed by atoms with Crippen LogP contribution >= 0.6 is 0 Å². The highest BCUT2D eigenvalue weighted by atomic mass is 19.1. The molecule has 8 heteroatoms. The molecule has 4 aromatic rings. The quantitative estimate of drug-likeness (QED) is 0.446. The first-order valence-corrected chi connectivity index (χ1v) is 9.00. The molecule has 4 rings (SSSR count). The molecule has 0 bridgehead atoms. The summed E-state index contributed by atoms with van der Waals surface area (Å²) < 4.78 is 25.2. The van der Waals surface area contributed by atoms with Gasteiger partial charge in [-0.15, -0.1) is 0 Å². The van der Waals surface area contributed by atoms with Crippen LogP contribution in [-0.4, -0.2) is 25.9 Å². The molecule has 0 unspecified atom stereocenters. The van der Waals surface area contributed by atoms with Crippen LogP contribution < -0.4 is 0 Å². The number of ether oxygens (including phenoxy) is 1. The molecule has 146 valence electrons. The minimum Gasteiger partial charge on any atom is -0.461 e. The largest absolute Gasteiger partial charge is 0.461 e. The van der Waals surface area contributed by atoms with Gasteiger partial charge in [-0.3, -0.25) is 4.79 Å². The van der Waals surface area contributed by atoms with E-state index in [1.54, 1.807) is 23.0 Å². The number of nitrogens with zero attached hydrogens (tertiary/aromatic N) is 4. The molecule has 0 N–H and O–H groups in total. The number of carbonyl (C=O) groups is 1. The van der Waals surface area contributed by atoms with Gasteiger partial charge < -0.3 is 9.26 Å². The summed E-state index contributed by atoms with van der Waals surface area (Å²) in [5.74, 6) is -0.0191. The van der Waals surface area contributed by atoms with Crippen molar-refractivity contribution in [1.29, 1.82) is 0 Å². The van der Waals surface area contributed by atoms with Gasteiger partial charge >= 0.3 is 5.97 Å². The Labute approximate surface area is 165 Å². The van der Waals surface area contributed by atoms with Crippen molar-refractivity contribution >= 4 is 5.97 Å². The molecular formula is C21H17FN4O3. The van der Waals surface area contributed by atoms with E-state index >= 15 is 0 Å². The Kier molecular flexibility index (Phi) is 5.42. The molecule has 29 heavy (non-hydrogen) atoms. The van der Waals surface area contributed by atoms with Gasteiger partial charge in [0.15, 0.2) is 0 Å². The smallest absolute Gasteiger partial charge is 0.306 e. The van der Waals surface area contributed by atoms with Crippen molar-refractivity contribution in [2.75, 3.05) is 0 Å².